The first-order valence-corrected chi connectivity index (χ1v) is 7.01. The van der Waals surface area contributed by atoms with Gasteiger partial charge in [-0.3, -0.25) is 4.99 Å². The molecule has 0 amide bonds. The van der Waals surface area contributed by atoms with Crippen molar-refractivity contribution in [1.29, 1.82) is 0 Å². The van der Waals surface area contributed by atoms with Crippen molar-refractivity contribution in [2.24, 2.45) is 10.4 Å². The molecule has 0 spiro atoms. The molecule has 0 rings (SSSR count). The third-order valence-electron chi connectivity index (χ3n) is 3.25. The molecule has 0 radical (unpaired) electrons. The van der Waals surface area contributed by atoms with Crippen LogP contribution in [0.3, 0.4) is 0 Å². The molecule has 5 nitrogen and oxygen atoms in total. The Kier molecular flexibility index (Phi) is 12.8. The molecule has 0 aromatic rings. The van der Waals surface area contributed by atoms with E-state index in [0.29, 0.717) is 0 Å². The molecule has 0 aromatic heterocycles. The van der Waals surface area contributed by atoms with Gasteiger partial charge in [0.1, 0.15) is 0 Å². The van der Waals surface area contributed by atoms with Gasteiger partial charge < -0.3 is 20.3 Å². The molecule has 0 fully saturated rings. The number of likely N-dealkylation sites (N-methyl/N-ethyl adjacent to an activating group) is 1. The minimum absolute atomic E-state index is 0. The van der Waals surface area contributed by atoms with Crippen LogP contribution in [-0.4, -0.2) is 64.3 Å². The number of guanidine groups is 1. The molecular formula is C14H33IN4O. The first-order chi connectivity index (χ1) is 8.85. The van der Waals surface area contributed by atoms with E-state index >= 15 is 0 Å². The van der Waals surface area contributed by atoms with E-state index in [1.54, 1.807) is 14.2 Å². The zero-order valence-electron chi connectivity index (χ0n) is 14.1. The molecule has 0 aromatic carbocycles. The summed E-state index contributed by atoms with van der Waals surface area (Å²) in [6, 6.07) is 0. The molecule has 0 bridgehead atoms. The molecule has 2 N–H and O–H groups in total. The maximum absolute atomic E-state index is 5.52. The van der Waals surface area contributed by atoms with Gasteiger partial charge in [0.05, 0.1) is 6.10 Å². The fourth-order valence-corrected chi connectivity index (χ4v) is 1.68. The Morgan fingerprint density at radius 2 is 1.90 bits per heavy atom. The summed E-state index contributed by atoms with van der Waals surface area (Å²) in [6.45, 7) is 12.4. The molecule has 0 heterocycles. The number of halogens is 1. The highest BCUT2D eigenvalue weighted by molar-refractivity contribution is 14.0. The van der Waals surface area contributed by atoms with Gasteiger partial charge in [-0.2, -0.15) is 0 Å². The van der Waals surface area contributed by atoms with Crippen LogP contribution in [-0.2, 0) is 4.74 Å². The summed E-state index contributed by atoms with van der Waals surface area (Å²) >= 11 is 0. The van der Waals surface area contributed by atoms with Gasteiger partial charge in [-0.25, -0.2) is 0 Å². The monoisotopic (exact) mass is 400 g/mol. The number of hydrogen-bond donors (Lipinski definition) is 2. The van der Waals surface area contributed by atoms with Gasteiger partial charge in [0, 0.05) is 33.8 Å². The summed E-state index contributed by atoms with van der Waals surface area (Å²) in [5, 5.41) is 6.62. The Labute approximate surface area is 141 Å². The van der Waals surface area contributed by atoms with Crippen molar-refractivity contribution in [2.75, 3.05) is 47.4 Å². The normalized spacial score (nSPS) is 13.9. The van der Waals surface area contributed by atoms with E-state index in [4.69, 9.17) is 4.74 Å². The van der Waals surface area contributed by atoms with E-state index in [9.17, 15) is 0 Å². The van der Waals surface area contributed by atoms with Crippen molar-refractivity contribution in [3.8, 4) is 0 Å². The van der Waals surface area contributed by atoms with Crippen LogP contribution < -0.4 is 10.6 Å². The topological polar surface area (TPSA) is 48.9 Å². The van der Waals surface area contributed by atoms with Crippen LogP contribution in [0.25, 0.3) is 0 Å². The van der Waals surface area contributed by atoms with Gasteiger partial charge >= 0.3 is 0 Å². The Hall–Kier alpha value is -0.0800. The number of aliphatic imine (C=N–C) groups is 1. The molecule has 0 aliphatic heterocycles. The van der Waals surface area contributed by atoms with Gasteiger partial charge in [0.25, 0.3) is 0 Å². The first kappa shape index (κ1) is 22.2. The Balaban J connectivity index is 0. The summed E-state index contributed by atoms with van der Waals surface area (Å²) in [7, 11) is 5.65. The van der Waals surface area contributed by atoms with E-state index in [-0.39, 0.29) is 35.5 Å². The van der Waals surface area contributed by atoms with Gasteiger partial charge in [-0.05, 0) is 19.0 Å². The summed E-state index contributed by atoms with van der Waals surface area (Å²) in [5.74, 6) is 0.829. The number of rotatable bonds is 7. The molecule has 6 heteroatoms. The lowest BCUT2D eigenvalue weighted by Crippen LogP contribution is -2.46. The highest BCUT2D eigenvalue weighted by Gasteiger charge is 2.24. The van der Waals surface area contributed by atoms with Crippen molar-refractivity contribution in [3.63, 3.8) is 0 Å². The minimum atomic E-state index is 0. The highest BCUT2D eigenvalue weighted by Crippen LogP contribution is 2.20. The van der Waals surface area contributed by atoms with Crippen molar-refractivity contribution >= 4 is 29.9 Å². The van der Waals surface area contributed by atoms with Crippen LogP contribution in [0.1, 0.15) is 27.7 Å². The van der Waals surface area contributed by atoms with Crippen molar-refractivity contribution in [3.05, 3.63) is 0 Å². The average Bonchev–Trinajstić information content (AvgIpc) is 2.35. The van der Waals surface area contributed by atoms with Gasteiger partial charge in [0.15, 0.2) is 5.96 Å². The number of nitrogens with zero attached hydrogens (tertiary/aromatic N) is 2. The lowest BCUT2D eigenvalue weighted by atomic mass is 9.89. The zero-order chi connectivity index (χ0) is 14.9. The van der Waals surface area contributed by atoms with Crippen LogP contribution in [0.2, 0.25) is 0 Å². The summed E-state index contributed by atoms with van der Waals surface area (Å²) in [4.78, 5) is 6.48. The maximum Gasteiger partial charge on any atom is 0.191 e. The van der Waals surface area contributed by atoms with Gasteiger partial charge in [0.2, 0.25) is 0 Å². The second-order valence-electron chi connectivity index (χ2n) is 5.87. The van der Waals surface area contributed by atoms with Crippen LogP contribution in [0, 0.1) is 5.41 Å². The van der Waals surface area contributed by atoms with Crippen LogP contribution in [0.4, 0.5) is 0 Å². The molecule has 122 valence electrons. The summed E-state index contributed by atoms with van der Waals surface area (Å²) in [5.41, 5.74) is 0.114. The SMILES string of the molecule is CCN(C)CCNC(=NC)NCC(OC)C(C)(C)C.I. The van der Waals surface area contributed by atoms with Crippen molar-refractivity contribution in [2.45, 2.75) is 33.8 Å². The van der Waals surface area contributed by atoms with E-state index < -0.39 is 0 Å². The molecule has 20 heavy (non-hydrogen) atoms. The number of hydrogen-bond acceptors (Lipinski definition) is 3. The molecule has 1 atom stereocenters. The first-order valence-electron chi connectivity index (χ1n) is 7.01. The second-order valence-corrected chi connectivity index (χ2v) is 5.87. The molecule has 0 saturated heterocycles. The Bertz CT molecular complexity index is 266. The second kappa shape index (κ2) is 11.6. The minimum Gasteiger partial charge on any atom is -0.379 e. The Morgan fingerprint density at radius 1 is 1.30 bits per heavy atom. The van der Waals surface area contributed by atoms with Gasteiger partial charge in [-0.1, -0.05) is 27.7 Å². The quantitative estimate of drug-likeness (QED) is 0.389. The largest absolute Gasteiger partial charge is 0.379 e. The molecule has 0 aliphatic rings. The summed E-state index contributed by atoms with van der Waals surface area (Å²) < 4.78 is 5.52. The molecule has 0 aliphatic carbocycles. The third-order valence-corrected chi connectivity index (χ3v) is 3.25. The van der Waals surface area contributed by atoms with E-state index in [1.165, 1.54) is 0 Å². The van der Waals surface area contributed by atoms with E-state index in [0.717, 1.165) is 32.1 Å². The third kappa shape index (κ3) is 9.77. The number of methoxy groups -OCH3 is 1. The average molecular weight is 400 g/mol. The zero-order valence-corrected chi connectivity index (χ0v) is 16.4. The lowest BCUT2D eigenvalue weighted by Gasteiger charge is -2.30. The van der Waals surface area contributed by atoms with Crippen molar-refractivity contribution < 1.29 is 4.74 Å². The fraction of sp³-hybridized carbons (Fsp3) is 0.929. The fourth-order valence-electron chi connectivity index (χ4n) is 1.68. The smallest absolute Gasteiger partial charge is 0.191 e. The van der Waals surface area contributed by atoms with Crippen LogP contribution >= 0.6 is 24.0 Å². The standard InChI is InChI=1S/C14H32N4O.HI/c1-8-18(6)10-9-16-13(15-5)17-11-12(19-7)14(2,3)4;/h12H,8-11H2,1-7H3,(H2,15,16,17);1H. The lowest BCUT2D eigenvalue weighted by molar-refractivity contribution is 0.0205. The number of ether oxygens (including phenoxy) is 1. The van der Waals surface area contributed by atoms with Crippen LogP contribution in [0.5, 0.6) is 0 Å². The molecule has 0 saturated carbocycles. The summed E-state index contributed by atoms with van der Waals surface area (Å²) in [6.07, 6.45) is 0.157. The molecule has 1 unspecified atom stereocenters. The predicted octanol–water partition coefficient (Wildman–Crippen LogP) is 1.78. The predicted molar refractivity (Wildman–Crippen MR) is 98.2 cm³/mol. The Morgan fingerprint density at radius 3 is 2.30 bits per heavy atom. The number of nitrogens with one attached hydrogen (secondary N) is 2. The van der Waals surface area contributed by atoms with E-state index in [2.05, 4.69) is 55.3 Å². The highest BCUT2D eigenvalue weighted by atomic mass is 127. The van der Waals surface area contributed by atoms with Gasteiger partial charge in [-0.15, -0.1) is 24.0 Å². The molecular weight excluding hydrogens is 367 g/mol. The van der Waals surface area contributed by atoms with Crippen molar-refractivity contribution in [1.82, 2.24) is 15.5 Å². The maximum atomic E-state index is 5.52. The van der Waals surface area contributed by atoms with Crippen LogP contribution in [0.15, 0.2) is 4.99 Å². The van der Waals surface area contributed by atoms with E-state index in [1.807, 2.05) is 0 Å².